The van der Waals surface area contributed by atoms with Gasteiger partial charge in [-0.1, -0.05) is 30.3 Å². The van der Waals surface area contributed by atoms with Gasteiger partial charge in [-0.25, -0.2) is 0 Å². The number of rotatable bonds is 9. The van der Waals surface area contributed by atoms with Crippen LogP contribution in [-0.4, -0.2) is 79.9 Å². The van der Waals surface area contributed by atoms with E-state index in [4.69, 9.17) is 9.47 Å². The average molecular weight is 508 g/mol. The van der Waals surface area contributed by atoms with Crippen LogP contribution in [0.25, 0.3) is 0 Å². The molecule has 176 valence electrons. The molecular weight excluding hydrogens is 474 g/mol. The van der Waals surface area contributed by atoms with E-state index in [2.05, 4.69) is 15.1 Å². The molecule has 0 spiro atoms. The molecule has 1 amide bonds. The van der Waals surface area contributed by atoms with Crippen molar-refractivity contribution in [1.82, 2.24) is 9.80 Å². The number of methoxy groups -OCH3 is 1. The molecule has 1 aliphatic heterocycles. The SMILES string of the molecule is Br.COc1ccccc1OCC(O)CN1CCN(CC(=O)Nc2c(C)cccc2C)CC1. The molecule has 2 N–H and O–H groups in total. The number of halogens is 1. The van der Waals surface area contributed by atoms with Gasteiger partial charge >= 0.3 is 0 Å². The summed E-state index contributed by atoms with van der Waals surface area (Å²) in [4.78, 5) is 16.8. The third-order valence-electron chi connectivity index (χ3n) is 5.55. The highest BCUT2D eigenvalue weighted by atomic mass is 79.9. The molecule has 32 heavy (non-hydrogen) atoms. The summed E-state index contributed by atoms with van der Waals surface area (Å²) in [6, 6.07) is 13.4. The van der Waals surface area contributed by atoms with Crippen molar-refractivity contribution in [3.05, 3.63) is 53.6 Å². The molecule has 1 fully saturated rings. The number of amides is 1. The molecule has 3 rings (SSSR count). The van der Waals surface area contributed by atoms with Gasteiger partial charge in [-0.3, -0.25) is 14.6 Å². The maximum atomic E-state index is 12.5. The predicted octanol–water partition coefficient (Wildman–Crippen LogP) is 2.89. The largest absolute Gasteiger partial charge is 0.493 e. The zero-order valence-electron chi connectivity index (χ0n) is 19.0. The lowest BCUT2D eigenvalue weighted by Gasteiger charge is -2.35. The maximum absolute atomic E-state index is 12.5. The zero-order valence-corrected chi connectivity index (χ0v) is 20.8. The van der Waals surface area contributed by atoms with Crippen molar-refractivity contribution in [3.8, 4) is 11.5 Å². The molecule has 8 heteroatoms. The first-order valence-corrected chi connectivity index (χ1v) is 10.7. The molecule has 1 unspecified atom stereocenters. The first kappa shape index (κ1) is 26.1. The minimum absolute atomic E-state index is 0. The van der Waals surface area contributed by atoms with Crippen LogP contribution in [0.1, 0.15) is 11.1 Å². The summed E-state index contributed by atoms with van der Waals surface area (Å²) in [6.07, 6.45) is -0.594. The molecule has 2 aromatic rings. The highest BCUT2D eigenvalue weighted by Crippen LogP contribution is 2.25. The third-order valence-corrected chi connectivity index (χ3v) is 5.55. The Morgan fingerprint density at radius 3 is 2.22 bits per heavy atom. The number of hydrogen-bond acceptors (Lipinski definition) is 6. The number of aliphatic hydroxyl groups is 1. The lowest BCUT2D eigenvalue weighted by molar-refractivity contribution is -0.117. The number of benzene rings is 2. The van der Waals surface area contributed by atoms with Gasteiger partial charge in [-0.15, -0.1) is 17.0 Å². The van der Waals surface area contributed by atoms with E-state index >= 15 is 0 Å². The van der Waals surface area contributed by atoms with E-state index < -0.39 is 6.10 Å². The lowest BCUT2D eigenvalue weighted by atomic mass is 10.1. The number of nitrogens with zero attached hydrogens (tertiary/aromatic N) is 2. The van der Waals surface area contributed by atoms with Crippen LogP contribution in [0, 0.1) is 13.8 Å². The Kier molecular flexibility index (Phi) is 10.4. The summed E-state index contributed by atoms with van der Waals surface area (Å²) < 4.78 is 11.0. The molecule has 7 nitrogen and oxygen atoms in total. The van der Waals surface area contributed by atoms with Crippen molar-refractivity contribution in [3.63, 3.8) is 0 Å². The second-order valence-corrected chi connectivity index (χ2v) is 8.01. The molecular formula is C24H34BrN3O4. The number of ether oxygens (including phenoxy) is 2. The molecule has 0 bridgehead atoms. The van der Waals surface area contributed by atoms with E-state index in [9.17, 15) is 9.90 Å². The fraction of sp³-hybridized carbons (Fsp3) is 0.458. The highest BCUT2D eigenvalue weighted by molar-refractivity contribution is 8.93. The number of carbonyl (C=O) groups is 1. The van der Waals surface area contributed by atoms with E-state index in [0.29, 0.717) is 24.6 Å². The van der Waals surface area contributed by atoms with Crippen molar-refractivity contribution in [2.24, 2.45) is 0 Å². The first-order chi connectivity index (χ1) is 15.0. The molecule has 1 atom stereocenters. The van der Waals surface area contributed by atoms with E-state index in [-0.39, 0.29) is 29.5 Å². The van der Waals surface area contributed by atoms with Crippen LogP contribution >= 0.6 is 17.0 Å². The molecule has 1 saturated heterocycles. The van der Waals surface area contributed by atoms with Gasteiger partial charge < -0.3 is 19.9 Å². The second-order valence-electron chi connectivity index (χ2n) is 8.01. The van der Waals surface area contributed by atoms with E-state index in [1.807, 2.05) is 56.3 Å². The average Bonchev–Trinajstić information content (AvgIpc) is 2.76. The summed E-state index contributed by atoms with van der Waals surface area (Å²) in [6.45, 7) is 8.33. The van der Waals surface area contributed by atoms with Crippen molar-refractivity contribution in [1.29, 1.82) is 0 Å². The molecule has 2 aromatic carbocycles. The lowest BCUT2D eigenvalue weighted by Crippen LogP contribution is -2.50. The Morgan fingerprint density at radius 2 is 1.59 bits per heavy atom. The summed E-state index contributed by atoms with van der Waals surface area (Å²) >= 11 is 0. The third kappa shape index (κ3) is 7.48. The molecule has 1 aliphatic rings. The van der Waals surface area contributed by atoms with Crippen LogP contribution in [0.2, 0.25) is 0 Å². The topological polar surface area (TPSA) is 74.3 Å². The molecule has 1 heterocycles. The predicted molar refractivity (Wildman–Crippen MR) is 132 cm³/mol. The molecule has 0 aromatic heterocycles. The highest BCUT2D eigenvalue weighted by Gasteiger charge is 2.21. The van der Waals surface area contributed by atoms with Crippen molar-refractivity contribution < 1.29 is 19.4 Å². The summed E-state index contributed by atoms with van der Waals surface area (Å²) in [5.74, 6) is 1.29. The molecule has 0 aliphatic carbocycles. The van der Waals surface area contributed by atoms with Gasteiger partial charge in [-0.05, 0) is 37.1 Å². The standard InChI is InChI=1S/C24H33N3O4.BrH/c1-18-7-6-8-19(2)24(18)25-23(29)16-27-13-11-26(12-14-27)15-20(28)17-31-22-10-5-4-9-21(22)30-3;/h4-10,20,28H,11-17H2,1-3H3,(H,25,29);1H. The van der Waals surface area contributed by atoms with Crippen LogP contribution in [-0.2, 0) is 4.79 Å². The van der Waals surface area contributed by atoms with Crippen molar-refractivity contribution >= 4 is 28.6 Å². The number of aliphatic hydroxyl groups excluding tert-OH is 1. The first-order valence-electron chi connectivity index (χ1n) is 10.7. The van der Waals surface area contributed by atoms with E-state index in [1.54, 1.807) is 7.11 Å². The Labute approximate surface area is 201 Å². The Hall–Kier alpha value is -2.13. The van der Waals surface area contributed by atoms with Crippen molar-refractivity contribution in [2.75, 3.05) is 58.3 Å². The molecule has 0 radical (unpaired) electrons. The number of para-hydroxylation sites is 3. The Balaban J connectivity index is 0.00000363. The normalized spacial score (nSPS) is 15.5. The number of nitrogens with one attached hydrogen (secondary N) is 1. The summed E-state index contributed by atoms with van der Waals surface area (Å²) in [5.41, 5.74) is 3.05. The monoisotopic (exact) mass is 507 g/mol. The van der Waals surface area contributed by atoms with Crippen LogP contribution < -0.4 is 14.8 Å². The number of piperazine rings is 1. The maximum Gasteiger partial charge on any atom is 0.238 e. The van der Waals surface area contributed by atoms with Gasteiger partial charge in [0, 0.05) is 38.4 Å². The van der Waals surface area contributed by atoms with Crippen molar-refractivity contribution in [2.45, 2.75) is 20.0 Å². The van der Waals surface area contributed by atoms with Crippen LogP contribution in [0.3, 0.4) is 0 Å². The van der Waals surface area contributed by atoms with Crippen LogP contribution in [0.4, 0.5) is 5.69 Å². The second kappa shape index (κ2) is 12.8. The van der Waals surface area contributed by atoms with Crippen LogP contribution in [0.5, 0.6) is 11.5 Å². The van der Waals surface area contributed by atoms with Gasteiger partial charge in [0.15, 0.2) is 11.5 Å². The fourth-order valence-corrected chi connectivity index (χ4v) is 3.80. The number of aryl methyl sites for hydroxylation is 2. The minimum atomic E-state index is -0.594. The Morgan fingerprint density at radius 1 is 1.00 bits per heavy atom. The molecule has 0 saturated carbocycles. The van der Waals surface area contributed by atoms with Gasteiger partial charge in [0.05, 0.1) is 13.7 Å². The summed E-state index contributed by atoms with van der Waals surface area (Å²) in [7, 11) is 1.60. The number of carbonyl (C=O) groups excluding carboxylic acids is 1. The van der Waals surface area contributed by atoms with Gasteiger partial charge in [0.2, 0.25) is 5.91 Å². The summed E-state index contributed by atoms with van der Waals surface area (Å²) in [5, 5.41) is 13.4. The van der Waals surface area contributed by atoms with E-state index in [1.165, 1.54) is 0 Å². The number of β-amino-alcohol motifs (C(OH)–C–C–N with tert-alkyl or cyclic N) is 1. The Bertz CT molecular complexity index is 852. The van der Waals surface area contributed by atoms with Gasteiger partial charge in [0.1, 0.15) is 12.7 Å². The van der Waals surface area contributed by atoms with E-state index in [0.717, 1.165) is 43.0 Å². The smallest absolute Gasteiger partial charge is 0.238 e. The fourth-order valence-electron chi connectivity index (χ4n) is 3.80. The number of anilines is 1. The van der Waals surface area contributed by atoms with Gasteiger partial charge in [0.25, 0.3) is 0 Å². The zero-order chi connectivity index (χ0) is 22.2. The number of hydrogen-bond donors (Lipinski definition) is 2. The minimum Gasteiger partial charge on any atom is -0.493 e. The van der Waals surface area contributed by atoms with Crippen LogP contribution in [0.15, 0.2) is 42.5 Å². The quantitative estimate of drug-likeness (QED) is 0.543. The van der Waals surface area contributed by atoms with Gasteiger partial charge in [-0.2, -0.15) is 0 Å².